The molecule has 1 saturated heterocycles. The van der Waals surface area contributed by atoms with E-state index in [0.29, 0.717) is 35.4 Å². The van der Waals surface area contributed by atoms with E-state index in [-0.39, 0.29) is 11.9 Å². The molecular formula is C21H24N4O3. The van der Waals surface area contributed by atoms with Gasteiger partial charge in [-0.1, -0.05) is 18.9 Å². The molecule has 4 rings (SSSR count). The van der Waals surface area contributed by atoms with Crippen LogP contribution in [0.3, 0.4) is 0 Å². The zero-order valence-corrected chi connectivity index (χ0v) is 15.9. The van der Waals surface area contributed by atoms with Crippen LogP contribution >= 0.6 is 0 Å². The second kappa shape index (κ2) is 7.88. The van der Waals surface area contributed by atoms with Gasteiger partial charge in [-0.25, -0.2) is 9.78 Å². The van der Waals surface area contributed by atoms with E-state index in [1.165, 1.54) is 12.8 Å². The van der Waals surface area contributed by atoms with Crippen LogP contribution in [0.15, 0.2) is 42.6 Å². The van der Waals surface area contributed by atoms with Gasteiger partial charge in [0.25, 0.3) is 5.91 Å². The van der Waals surface area contributed by atoms with Crippen molar-refractivity contribution in [2.45, 2.75) is 31.7 Å². The SMILES string of the molecule is COc1cccc(C(=O)Nc2ccc(N3CCN(C4CCCC4)C3=O)nc2)c1. The first-order valence-electron chi connectivity index (χ1n) is 9.65. The molecule has 1 saturated carbocycles. The van der Waals surface area contributed by atoms with Crippen LogP contribution in [-0.2, 0) is 0 Å². The van der Waals surface area contributed by atoms with E-state index >= 15 is 0 Å². The number of carbonyl (C=O) groups is 2. The monoisotopic (exact) mass is 380 g/mol. The molecule has 0 unspecified atom stereocenters. The second-order valence-corrected chi connectivity index (χ2v) is 7.16. The average molecular weight is 380 g/mol. The molecule has 2 fully saturated rings. The average Bonchev–Trinajstić information content (AvgIpc) is 3.38. The van der Waals surface area contributed by atoms with Crippen LogP contribution in [0.2, 0.25) is 0 Å². The Kier molecular flexibility index (Phi) is 5.14. The Morgan fingerprint density at radius 1 is 1.18 bits per heavy atom. The second-order valence-electron chi connectivity index (χ2n) is 7.16. The molecule has 2 heterocycles. The molecule has 0 bridgehead atoms. The lowest BCUT2D eigenvalue weighted by Gasteiger charge is -2.23. The summed E-state index contributed by atoms with van der Waals surface area (Å²) in [7, 11) is 1.56. The Bertz CT molecular complexity index is 862. The molecule has 3 amide bonds. The fourth-order valence-corrected chi connectivity index (χ4v) is 3.91. The summed E-state index contributed by atoms with van der Waals surface area (Å²) in [4.78, 5) is 33.2. The number of amides is 3. The topological polar surface area (TPSA) is 74.8 Å². The highest BCUT2D eigenvalue weighted by Gasteiger charge is 2.36. The molecule has 0 radical (unpaired) electrons. The lowest BCUT2D eigenvalue weighted by molar-refractivity contribution is 0.102. The molecule has 1 aliphatic heterocycles. The van der Waals surface area contributed by atoms with E-state index in [2.05, 4.69) is 10.3 Å². The zero-order chi connectivity index (χ0) is 19.5. The standard InChI is InChI=1S/C21H24N4O3/c1-28-18-8-4-5-15(13-18)20(26)23-16-9-10-19(22-14-16)25-12-11-24(21(25)27)17-6-2-3-7-17/h4-5,8-10,13-14,17H,2-3,6-7,11-12H2,1H3,(H,23,26). The van der Waals surface area contributed by atoms with Gasteiger partial charge in [0.2, 0.25) is 0 Å². The fraction of sp³-hybridized carbons (Fsp3) is 0.381. The number of benzene rings is 1. The van der Waals surface area contributed by atoms with Crippen LogP contribution in [0.1, 0.15) is 36.0 Å². The molecule has 7 nitrogen and oxygen atoms in total. The van der Waals surface area contributed by atoms with Crippen LogP contribution in [0, 0.1) is 0 Å². The number of hydrogen-bond acceptors (Lipinski definition) is 4. The van der Waals surface area contributed by atoms with Crippen molar-refractivity contribution in [3.8, 4) is 5.75 Å². The van der Waals surface area contributed by atoms with E-state index < -0.39 is 0 Å². The number of anilines is 2. The maximum atomic E-state index is 12.7. The summed E-state index contributed by atoms with van der Waals surface area (Å²) < 4.78 is 5.15. The summed E-state index contributed by atoms with van der Waals surface area (Å²) in [5.41, 5.74) is 1.08. The van der Waals surface area contributed by atoms with Crippen molar-refractivity contribution < 1.29 is 14.3 Å². The third kappa shape index (κ3) is 3.65. The van der Waals surface area contributed by atoms with Crippen molar-refractivity contribution in [3.63, 3.8) is 0 Å². The molecule has 1 aromatic carbocycles. The Morgan fingerprint density at radius 2 is 2.00 bits per heavy atom. The molecule has 2 aromatic rings. The van der Waals surface area contributed by atoms with Crippen molar-refractivity contribution in [2.24, 2.45) is 0 Å². The molecule has 28 heavy (non-hydrogen) atoms. The number of methoxy groups -OCH3 is 1. The highest BCUT2D eigenvalue weighted by atomic mass is 16.5. The number of aromatic nitrogens is 1. The van der Waals surface area contributed by atoms with Crippen LogP contribution in [0.25, 0.3) is 0 Å². The van der Waals surface area contributed by atoms with Gasteiger partial charge < -0.3 is 15.0 Å². The Morgan fingerprint density at radius 3 is 2.71 bits per heavy atom. The van der Waals surface area contributed by atoms with E-state index in [0.717, 1.165) is 19.4 Å². The molecule has 1 aliphatic carbocycles. The van der Waals surface area contributed by atoms with Crippen LogP contribution in [0.4, 0.5) is 16.3 Å². The largest absolute Gasteiger partial charge is 0.497 e. The van der Waals surface area contributed by atoms with E-state index in [1.54, 1.807) is 54.6 Å². The van der Waals surface area contributed by atoms with Crippen molar-refractivity contribution in [3.05, 3.63) is 48.2 Å². The maximum Gasteiger partial charge on any atom is 0.326 e. The number of rotatable bonds is 5. The zero-order valence-electron chi connectivity index (χ0n) is 15.9. The van der Waals surface area contributed by atoms with Crippen LogP contribution in [0.5, 0.6) is 5.75 Å². The van der Waals surface area contributed by atoms with Gasteiger partial charge in [-0.2, -0.15) is 0 Å². The summed E-state index contributed by atoms with van der Waals surface area (Å²) in [6.45, 7) is 1.40. The van der Waals surface area contributed by atoms with Gasteiger partial charge >= 0.3 is 6.03 Å². The first-order chi connectivity index (χ1) is 13.7. The van der Waals surface area contributed by atoms with E-state index in [9.17, 15) is 9.59 Å². The molecule has 7 heteroatoms. The summed E-state index contributed by atoms with van der Waals surface area (Å²) in [6.07, 6.45) is 6.19. The number of carbonyl (C=O) groups excluding carboxylic acids is 2. The molecule has 1 aromatic heterocycles. The third-order valence-corrected chi connectivity index (χ3v) is 5.42. The Hall–Kier alpha value is -3.09. The molecule has 2 aliphatic rings. The van der Waals surface area contributed by atoms with Crippen molar-refractivity contribution >= 4 is 23.4 Å². The highest BCUT2D eigenvalue weighted by Crippen LogP contribution is 2.28. The van der Waals surface area contributed by atoms with Crippen molar-refractivity contribution in [1.82, 2.24) is 9.88 Å². The van der Waals surface area contributed by atoms with Gasteiger partial charge in [0, 0.05) is 24.7 Å². The van der Waals surface area contributed by atoms with Crippen molar-refractivity contribution in [1.29, 1.82) is 0 Å². The normalized spacial score (nSPS) is 17.2. The van der Waals surface area contributed by atoms with Gasteiger partial charge in [0.05, 0.1) is 19.0 Å². The minimum absolute atomic E-state index is 0.0348. The first-order valence-corrected chi connectivity index (χ1v) is 9.65. The van der Waals surface area contributed by atoms with Gasteiger partial charge in [-0.15, -0.1) is 0 Å². The molecular weight excluding hydrogens is 356 g/mol. The van der Waals surface area contributed by atoms with Crippen molar-refractivity contribution in [2.75, 3.05) is 30.4 Å². The van der Waals surface area contributed by atoms with Crippen LogP contribution in [-0.4, -0.2) is 48.1 Å². The smallest absolute Gasteiger partial charge is 0.326 e. The third-order valence-electron chi connectivity index (χ3n) is 5.42. The first kappa shape index (κ1) is 18.3. The fourth-order valence-electron chi connectivity index (χ4n) is 3.91. The number of pyridine rings is 1. The highest BCUT2D eigenvalue weighted by molar-refractivity contribution is 6.04. The molecule has 0 atom stereocenters. The molecule has 1 N–H and O–H groups in total. The Balaban J connectivity index is 1.41. The quantitative estimate of drug-likeness (QED) is 0.861. The number of nitrogens with zero attached hydrogens (tertiary/aromatic N) is 3. The Labute approximate surface area is 164 Å². The summed E-state index contributed by atoms with van der Waals surface area (Å²) in [5, 5.41) is 2.82. The lowest BCUT2D eigenvalue weighted by atomic mass is 10.2. The lowest BCUT2D eigenvalue weighted by Crippen LogP contribution is -2.38. The number of nitrogens with one attached hydrogen (secondary N) is 1. The van der Waals surface area contributed by atoms with Gasteiger partial charge in [0.1, 0.15) is 11.6 Å². The van der Waals surface area contributed by atoms with Gasteiger partial charge in [-0.3, -0.25) is 9.69 Å². The predicted molar refractivity (Wildman–Crippen MR) is 107 cm³/mol. The minimum Gasteiger partial charge on any atom is -0.497 e. The number of urea groups is 1. The van der Waals surface area contributed by atoms with Crippen LogP contribution < -0.4 is 15.0 Å². The van der Waals surface area contributed by atoms with E-state index in [1.807, 2.05) is 4.90 Å². The van der Waals surface area contributed by atoms with Gasteiger partial charge in [0.15, 0.2) is 0 Å². The maximum absolute atomic E-state index is 12.7. The number of ether oxygens (including phenoxy) is 1. The van der Waals surface area contributed by atoms with Gasteiger partial charge in [-0.05, 0) is 43.2 Å². The summed E-state index contributed by atoms with van der Waals surface area (Å²) >= 11 is 0. The summed E-state index contributed by atoms with van der Waals surface area (Å²) in [6, 6.07) is 10.9. The minimum atomic E-state index is -0.238. The molecule has 0 spiro atoms. The molecule has 146 valence electrons. The predicted octanol–water partition coefficient (Wildman–Crippen LogP) is 3.53. The summed E-state index contributed by atoms with van der Waals surface area (Å²) in [5.74, 6) is 1.00. The van der Waals surface area contributed by atoms with E-state index in [4.69, 9.17) is 4.74 Å². The number of hydrogen-bond donors (Lipinski definition) is 1.